The lowest BCUT2D eigenvalue weighted by Gasteiger charge is -2.20. The van der Waals surface area contributed by atoms with Gasteiger partial charge in [0.25, 0.3) is 0 Å². The van der Waals surface area contributed by atoms with Crippen molar-refractivity contribution in [1.29, 1.82) is 0 Å². The molecule has 14 heavy (non-hydrogen) atoms. The number of anilines is 1. The number of nitrogen functional groups attached to an aromatic ring is 1. The monoisotopic (exact) mass is 194 g/mol. The summed E-state index contributed by atoms with van der Waals surface area (Å²) >= 11 is 0. The summed E-state index contributed by atoms with van der Waals surface area (Å²) in [5.41, 5.74) is 14.0. The lowest BCUT2D eigenvalue weighted by atomic mass is 9.96. The summed E-state index contributed by atoms with van der Waals surface area (Å²) < 4.78 is 0. The Balaban J connectivity index is 3.01. The Labute approximate surface area is 84.7 Å². The summed E-state index contributed by atoms with van der Waals surface area (Å²) in [4.78, 5) is 0. The molecule has 0 saturated carbocycles. The Morgan fingerprint density at radius 1 is 1.43 bits per heavy atom. The van der Waals surface area contributed by atoms with Gasteiger partial charge in [-0.25, -0.2) is 0 Å². The maximum atomic E-state index is 9.91. The molecular weight excluding hydrogens is 176 g/mol. The van der Waals surface area contributed by atoms with Gasteiger partial charge < -0.3 is 16.6 Å². The van der Waals surface area contributed by atoms with Gasteiger partial charge in [0.1, 0.15) is 0 Å². The number of benzene rings is 1. The Bertz CT molecular complexity index is 312. The van der Waals surface area contributed by atoms with Crippen molar-refractivity contribution in [2.24, 2.45) is 5.73 Å². The van der Waals surface area contributed by atoms with Gasteiger partial charge in [-0.15, -0.1) is 0 Å². The quantitative estimate of drug-likeness (QED) is 0.636. The highest BCUT2D eigenvalue weighted by Crippen LogP contribution is 2.24. The third-order valence-corrected chi connectivity index (χ3v) is 2.61. The first-order chi connectivity index (χ1) is 6.57. The summed E-state index contributed by atoms with van der Waals surface area (Å²) in [6.07, 6.45) is 0.124. The van der Waals surface area contributed by atoms with E-state index in [9.17, 15) is 5.11 Å². The minimum Gasteiger partial charge on any atom is -0.399 e. The van der Waals surface area contributed by atoms with Gasteiger partial charge in [-0.2, -0.15) is 0 Å². The standard InChI is InChI=1S/C11H18N2O/c1-3-9(12)11(14)8-5-4-6-10(13)7(8)2/h4-6,9,11,14H,3,12-13H2,1-2H3. The molecule has 0 aliphatic carbocycles. The number of aliphatic hydroxyl groups is 1. The molecule has 0 amide bonds. The number of hydrogen-bond donors (Lipinski definition) is 3. The predicted molar refractivity (Wildman–Crippen MR) is 58.8 cm³/mol. The van der Waals surface area contributed by atoms with Crippen LogP contribution in [0.4, 0.5) is 5.69 Å². The number of hydrogen-bond acceptors (Lipinski definition) is 3. The highest BCUT2D eigenvalue weighted by molar-refractivity contribution is 5.50. The molecule has 0 aliphatic heterocycles. The van der Waals surface area contributed by atoms with Gasteiger partial charge in [-0.3, -0.25) is 0 Å². The van der Waals surface area contributed by atoms with E-state index in [2.05, 4.69) is 0 Å². The van der Waals surface area contributed by atoms with Gasteiger partial charge in [-0.05, 0) is 30.5 Å². The van der Waals surface area contributed by atoms with Gasteiger partial charge in [0, 0.05) is 11.7 Å². The van der Waals surface area contributed by atoms with E-state index >= 15 is 0 Å². The molecule has 3 nitrogen and oxygen atoms in total. The van der Waals surface area contributed by atoms with E-state index in [0.717, 1.165) is 17.5 Å². The zero-order valence-corrected chi connectivity index (χ0v) is 8.70. The molecule has 3 heteroatoms. The van der Waals surface area contributed by atoms with Crippen LogP contribution >= 0.6 is 0 Å². The molecule has 0 bridgehead atoms. The Hall–Kier alpha value is -1.06. The molecule has 1 rings (SSSR count). The predicted octanol–water partition coefficient (Wildman–Crippen LogP) is 1.35. The van der Waals surface area contributed by atoms with E-state index in [4.69, 9.17) is 11.5 Å². The lowest BCUT2D eigenvalue weighted by Crippen LogP contribution is -2.27. The molecule has 5 N–H and O–H groups in total. The average molecular weight is 194 g/mol. The first-order valence-electron chi connectivity index (χ1n) is 4.86. The summed E-state index contributed by atoms with van der Waals surface area (Å²) in [6, 6.07) is 5.30. The minimum absolute atomic E-state index is 0.226. The lowest BCUT2D eigenvalue weighted by molar-refractivity contribution is 0.144. The van der Waals surface area contributed by atoms with Crippen LogP contribution in [0.3, 0.4) is 0 Å². The molecule has 2 atom stereocenters. The van der Waals surface area contributed by atoms with Gasteiger partial charge >= 0.3 is 0 Å². The molecule has 0 fully saturated rings. The maximum Gasteiger partial charge on any atom is 0.0944 e. The van der Waals surface area contributed by atoms with Crippen LogP contribution in [0.15, 0.2) is 18.2 Å². The smallest absolute Gasteiger partial charge is 0.0944 e. The normalized spacial score (nSPS) is 15.1. The van der Waals surface area contributed by atoms with Crippen molar-refractivity contribution in [2.75, 3.05) is 5.73 Å². The topological polar surface area (TPSA) is 72.3 Å². The van der Waals surface area contributed by atoms with Crippen LogP contribution in [0.25, 0.3) is 0 Å². The molecule has 0 spiro atoms. The zero-order valence-electron chi connectivity index (χ0n) is 8.70. The van der Waals surface area contributed by atoms with Gasteiger partial charge in [0.15, 0.2) is 0 Å². The van der Waals surface area contributed by atoms with Crippen LogP contribution in [0, 0.1) is 6.92 Å². The largest absolute Gasteiger partial charge is 0.399 e. The zero-order chi connectivity index (χ0) is 10.7. The Morgan fingerprint density at radius 2 is 2.07 bits per heavy atom. The summed E-state index contributed by atoms with van der Waals surface area (Å²) in [5, 5.41) is 9.91. The fourth-order valence-electron chi connectivity index (χ4n) is 1.45. The van der Waals surface area contributed by atoms with Gasteiger partial charge in [-0.1, -0.05) is 19.1 Å². The van der Waals surface area contributed by atoms with Gasteiger partial charge in [0.05, 0.1) is 6.10 Å². The van der Waals surface area contributed by atoms with E-state index in [-0.39, 0.29) is 6.04 Å². The van der Waals surface area contributed by atoms with Crippen LogP contribution in [0.1, 0.15) is 30.6 Å². The molecule has 0 aromatic heterocycles. The summed E-state index contributed by atoms with van der Waals surface area (Å²) in [7, 11) is 0. The van der Waals surface area contributed by atoms with Crippen LogP contribution in [0.2, 0.25) is 0 Å². The van der Waals surface area contributed by atoms with Crippen molar-refractivity contribution < 1.29 is 5.11 Å². The average Bonchev–Trinajstić information content (AvgIpc) is 2.20. The minimum atomic E-state index is -0.622. The molecule has 0 saturated heterocycles. The van der Waals surface area contributed by atoms with Crippen LogP contribution < -0.4 is 11.5 Å². The first kappa shape index (κ1) is 11.0. The second kappa shape index (κ2) is 4.44. The van der Waals surface area contributed by atoms with Crippen molar-refractivity contribution in [3.63, 3.8) is 0 Å². The number of rotatable bonds is 3. The van der Waals surface area contributed by atoms with Crippen molar-refractivity contribution in [3.05, 3.63) is 29.3 Å². The fraction of sp³-hybridized carbons (Fsp3) is 0.455. The van der Waals surface area contributed by atoms with Crippen molar-refractivity contribution in [3.8, 4) is 0 Å². The van der Waals surface area contributed by atoms with E-state index in [0.29, 0.717) is 5.69 Å². The Kier molecular flexibility index (Phi) is 3.49. The molecule has 1 aromatic carbocycles. The second-order valence-electron chi connectivity index (χ2n) is 3.58. The SMILES string of the molecule is CCC(N)C(O)c1cccc(N)c1C. The van der Waals surface area contributed by atoms with E-state index in [1.807, 2.05) is 32.0 Å². The highest BCUT2D eigenvalue weighted by Gasteiger charge is 2.17. The van der Waals surface area contributed by atoms with Gasteiger partial charge in [0.2, 0.25) is 0 Å². The molecule has 2 unspecified atom stereocenters. The number of aliphatic hydroxyl groups excluding tert-OH is 1. The van der Waals surface area contributed by atoms with E-state index in [1.54, 1.807) is 0 Å². The van der Waals surface area contributed by atoms with Crippen LogP contribution in [-0.2, 0) is 0 Å². The van der Waals surface area contributed by atoms with E-state index in [1.165, 1.54) is 0 Å². The van der Waals surface area contributed by atoms with Crippen molar-refractivity contribution >= 4 is 5.69 Å². The Morgan fingerprint density at radius 3 is 2.64 bits per heavy atom. The third kappa shape index (κ3) is 2.05. The maximum absolute atomic E-state index is 9.91. The summed E-state index contributed by atoms with van der Waals surface area (Å²) in [6.45, 7) is 3.85. The molecule has 0 radical (unpaired) electrons. The van der Waals surface area contributed by atoms with Crippen LogP contribution in [0.5, 0.6) is 0 Å². The van der Waals surface area contributed by atoms with Crippen LogP contribution in [-0.4, -0.2) is 11.1 Å². The molecular formula is C11H18N2O. The molecule has 0 heterocycles. The number of nitrogens with two attached hydrogens (primary N) is 2. The fourth-order valence-corrected chi connectivity index (χ4v) is 1.45. The molecule has 78 valence electrons. The second-order valence-corrected chi connectivity index (χ2v) is 3.58. The third-order valence-electron chi connectivity index (χ3n) is 2.61. The van der Waals surface area contributed by atoms with Crippen molar-refractivity contribution in [1.82, 2.24) is 0 Å². The van der Waals surface area contributed by atoms with E-state index < -0.39 is 6.10 Å². The highest BCUT2D eigenvalue weighted by atomic mass is 16.3. The molecule has 1 aromatic rings. The molecule has 0 aliphatic rings. The van der Waals surface area contributed by atoms with Crippen molar-refractivity contribution in [2.45, 2.75) is 32.4 Å². The first-order valence-corrected chi connectivity index (χ1v) is 4.86. The summed E-state index contributed by atoms with van der Waals surface area (Å²) in [5.74, 6) is 0.